The monoisotopic (exact) mass is 492 g/mol. The van der Waals surface area contributed by atoms with Crippen LogP contribution < -0.4 is 5.32 Å². The average Bonchev–Trinajstić information content (AvgIpc) is 3.24. The second kappa shape index (κ2) is 10.1. The minimum absolute atomic E-state index is 0.0788. The number of esters is 1. The van der Waals surface area contributed by atoms with Crippen molar-refractivity contribution in [2.45, 2.75) is 11.4 Å². The smallest absolute Gasteiger partial charge is 0.340 e. The summed E-state index contributed by atoms with van der Waals surface area (Å²) in [6, 6.07) is 5.96. The summed E-state index contributed by atoms with van der Waals surface area (Å²) in [5.41, 5.74) is -0.195. The summed E-state index contributed by atoms with van der Waals surface area (Å²) < 4.78 is 37.2. The molecule has 1 aliphatic rings. The number of rotatable bonds is 7. The molecule has 0 aliphatic carbocycles. The van der Waals surface area contributed by atoms with Crippen LogP contribution in [0.25, 0.3) is 0 Å². The molecule has 30 heavy (non-hydrogen) atoms. The van der Waals surface area contributed by atoms with E-state index in [1.165, 1.54) is 21.7 Å². The van der Waals surface area contributed by atoms with E-state index in [2.05, 4.69) is 5.32 Å². The van der Waals surface area contributed by atoms with Gasteiger partial charge in [-0.05, 0) is 23.6 Å². The summed E-state index contributed by atoms with van der Waals surface area (Å²) >= 11 is 13.6. The lowest BCUT2D eigenvalue weighted by Gasteiger charge is -2.26. The van der Waals surface area contributed by atoms with E-state index in [9.17, 15) is 18.0 Å². The van der Waals surface area contributed by atoms with Crippen molar-refractivity contribution < 1.29 is 27.5 Å². The van der Waals surface area contributed by atoms with Gasteiger partial charge in [-0.15, -0.1) is 11.3 Å². The molecule has 0 unspecified atom stereocenters. The quantitative estimate of drug-likeness (QED) is 0.595. The first-order chi connectivity index (χ1) is 14.3. The molecule has 1 aromatic carbocycles. The van der Waals surface area contributed by atoms with E-state index < -0.39 is 28.5 Å². The summed E-state index contributed by atoms with van der Waals surface area (Å²) in [6.07, 6.45) is 0. The van der Waals surface area contributed by atoms with E-state index in [0.717, 1.165) is 10.9 Å². The van der Waals surface area contributed by atoms with Gasteiger partial charge >= 0.3 is 5.97 Å². The van der Waals surface area contributed by atoms with Gasteiger partial charge < -0.3 is 14.8 Å². The summed E-state index contributed by atoms with van der Waals surface area (Å²) in [7, 11) is -3.95. The van der Waals surface area contributed by atoms with Gasteiger partial charge in [0.2, 0.25) is 10.0 Å². The Hall–Kier alpha value is -1.69. The molecule has 1 N–H and O–H groups in total. The minimum Gasteiger partial charge on any atom is -0.452 e. The SMILES string of the molecule is O=C(COC(=O)c1cc(S(=O)(=O)N2CCOCC2)c(Cl)cc1Cl)NCc1cccs1. The van der Waals surface area contributed by atoms with E-state index in [4.69, 9.17) is 32.7 Å². The summed E-state index contributed by atoms with van der Waals surface area (Å²) in [4.78, 5) is 25.0. The molecule has 1 aliphatic heterocycles. The van der Waals surface area contributed by atoms with Crippen LogP contribution in [-0.2, 0) is 30.8 Å². The molecular formula is C18H18Cl2N2O6S2. The van der Waals surface area contributed by atoms with Gasteiger partial charge in [-0.3, -0.25) is 4.79 Å². The maximum Gasteiger partial charge on any atom is 0.340 e. The van der Waals surface area contributed by atoms with E-state index in [-0.39, 0.29) is 46.8 Å². The van der Waals surface area contributed by atoms with Crippen LogP contribution in [0.1, 0.15) is 15.2 Å². The van der Waals surface area contributed by atoms with Crippen LogP contribution >= 0.6 is 34.5 Å². The summed E-state index contributed by atoms with van der Waals surface area (Å²) in [5, 5.41) is 4.31. The van der Waals surface area contributed by atoms with Crippen molar-refractivity contribution in [3.8, 4) is 0 Å². The first-order valence-electron chi connectivity index (χ1n) is 8.82. The normalized spacial score (nSPS) is 15.0. The van der Waals surface area contributed by atoms with Crippen molar-refractivity contribution in [2.24, 2.45) is 0 Å². The third-order valence-corrected chi connectivity index (χ3v) is 7.76. The zero-order valence-corrected chi connectivity index (χ0v) is 18.7. The van der Waals surface area contributed by atoms with Crippen molar-refractivity contribution in [1.29, 1.82) is 0 Å². The number of thiophene rings is 1. The molecule has 1 saturated heterocycles. The van der Waals surface area contributed by atoms with Crippen LogP contribution in [0.5, 0.6) is 0 Å². The molecule has 2 heterocycles. The number of hydrogen-bond donors (Lipinski definition) is 1. The van der Waals surface area contributed by atoms with E-state index in [1.54, 1.807) is 0 Å². The second-order valence-corrected chi connectivity index (χ2v) is 9.96. The second-order valence-electron chi connectivity index (χ2n) is 6.21. The Morgan fingerprint density at radius 3 is 2.60 bits per heavy atom. The summed E-state index contributed by atoms with van der Waals surface area (Å²) in [6.45, 7) is 0.656. The maximum atomic E-state index is 12.9. The molecular weight excluding hydrogens is 475 g/mol. The van der Waals surface area contributed by atoms with E-state index in [1.807, 2.05) is 17.5 Å². The third-order valence-electron chi connectivity index (χ3n) is 4.20. The molecule has 1 fully saturated rings. The number of benzene rings is 1. The lowest BCUT2D eigenvalue weighted by molar-refractivity contribution is -0.124. The Labute approximate surface area is 187 Å². The Kier molecular flexibility index (Phi) is 7.72. The molecule has 12 heteroatoms. The Morgan fingerprint density at radius 2 is 1.93 bits per heavy atom. The highest BCUT2D eigenvalue weighted by Crippen LogP contribution is 2.31. The molecule has 0 radical (unpaired) electrons. The predicted molar refractivity (Wildman–Crippen MR) is 112 cm³/mol. The van der Waals surface area contributed by atoms with Crippen LogP contribution in [-0.4, -0.2) is 57.5 Å². The van der Waals surface area contributed by atoms with Gasteiger partial charge in [-0.1, -0.05) is 29.3 Å². The van der Waals surface area contributed by atoms with Crippen LogP contribution in [0.3, 0.4) is 0 Å². The van der Waals surface area contributed by atoms with Crippen molar-refractivity contribution >= 4 is 56.4 Å². The van der Waals surface area contributed by atoms with Crippen molar-refractivity contribution in [2.75, 3.05) is 32.9 Å². The van der Waals surface area contributed by atoms with Gasteiger partial charge in [0.05, 0.1) is 35.4 Å². The molecule has 1 aromatic heterocycles. The molecule has 1 amide bonds. The topological polar surface area (TPSA) is 102 Å². The first-order valence-corrected chi connectivity index (χ1v) is 11.9. The standard InChI is InChI=1S/C18H18Cl2N2O6S2/c19-14-9-15(20)16(30(25,26)22-3-5-27-6-4-22)8-13(14)18(24)28-11-17(23)21-10-12-2-1-7-29-12/h1-2,7-9H,3-6,10-11H2,(H,21,23). The van der Waals surface area contributed by atoms with Crippen molar-refractivity contribution in [3.63, 3.8) is 0 Å². The van der Waals surface area contributed by atoms with E-state index >= 15 is 0 Å². The number of ether oxygens (including phenoxy) is 2. The van der Waals surface area contributed by atoms with Gasteiger partial charge in [-0.2, -0.15) is 4.31 Å². The fraction of sp³-hybridized carbons (Fsp3) is 0.333. The van der Waals surface area contributed by atoms with Gasteiger partial charge in [0, 0.05) is 18.0 Å². The number of nitrogens with zero attached hydrogens (tertiary/aromatic N) is 1. The predicted octanol–water partition coefficient (Wildman–Crippen LogP) is 2.55. The number of nitrogens with one attached hydrogen (secondary N) is 1. The maximum absolute atomic E-state index is 12.9. The Morgan fingerprint density at radius 1 is 1.20 bits per heavy atom. The highest BCUT2D eigenvalue weighted by molar-refractivity contribution is 7.89. The first kappa shape index (κ1) is 23.0. The largest absolute Gasteiger partial charge is 0.452 e. The number of morpholine rings is 1. The molecule has 8 nitrogen and oxygen atoms in total. The van der Waals surface area contributed by atoms with Crippen LogP contribution in [0.4, 0.5) is 0 Å². The lowest BCUT2D eigenvalue weighted by Crippen LogP contribution is -2.40. The highest BCUT2D eigenvalue weighted by atomic mass is 35.5. The minimum atomic E-state index is -3.95. The highest BCUT2D eigenvalue weighted by Gasteiger charge is 2.30. The van der Waals surface area contributed by atoms with Crippen molar-refractivity contribution in [1.82, 2.24) is 9.62 Å². The van der Waals surface area contributed by atoms with Gasteiger partial charge in [0.25, 0.3) is 5.91 Å². The number of halogens is 2. The third kappa shape index (κ3) is 5.51. The van der Waals surface area contributed by atoms with Crippen LogP contribution in [0.2, 0.25) is 10.0 Å². The molecule has 0 spiro atoms. The fourth-order valence-electron chi connectivity index (χ4n) is 2.67. The van der Waals surface area contributed by atoms with Gasteiger partial charge in [-0.25, -0.2) is 13.2 Å². The average molecular weight is 493 g/mol. The zero-order valence-electron chi connectivity index (χ0n) is 15.6. The zero-order chi connectivity index (χ0) is 21.7. The molecule has 0 bridgehead atoms. The number of hydrogen-bond acceptors (Lipinski definition) is 7. The lowest BCUT2D eigenvalue weighted by atomic mass is 10.2. The fourth-order valence-corrected chi connectivity index (χ4v) is 5.55. The molecule has 3 rings (SSSR count). The molecule has 0 saturated carbocycles. The van der Waals surface area contributed by atoms with E-state index in [0.29, 0.717) is 6.54 Å². The van der Waals surface area contributed by atoms with Gasteiger partial charge in [0.1, 0.15) is 4.90 Å². The van der Waals surface area contributed by atoms with Crippen LogP contribution in [0.15, 0.2) is 34.5 Å². The number of carbonyl (C=O) groups excluding carboxylic acids is 2. The number of sulfonamides is 1. The Balaban J connectivity index is 1.69. The Bertz CT molecular complexity index is 1020. The number of carbonyl (C=O) groups is 2. The van der Waals surface area contributed by atoms with Crippen molar-refractivity contribution in [3.05, 3.63) is 50.1 Å². The molecule has 0 atom stereocenters. The van der Waals surface area contributed by atoms with Crippen LogP contribution in [0, 0.1) is 0 Å². The van der Waals surface area contributed by atoms with Gasteiger partial charge in [0.15, 0.2) is 6.61 Å². The molecule has 162 valence electrons. The molecule has 2 aromatic rings. The summed E-state index contributed by atoms with van der Waals surface area (Å²) in [5.74, 6) is -1.43. The number of amides is 1.